The van der Waals surface area contributed by atoms with E-state index in [0.717, 1.165) is 4.57 Å². The Labute approximate surface area is 154 Å². The first-order valence-electron chi connectivity index (χ1n) is 7.90. The van der Waals surface area contributed by atoms with Crippen molar-refractivity contribution in [2.24, 2.45) is 14.1 Å². The standard InChI is InChI=1S/C18H18ClN3O4/c1-9-12(17(24)26-4)13(10-7-5-6-8-11(10)19)14-15(20-9)21(2)18(25)22(3)16(14)23/h5-8,13,20H,1-4H3. The number of hydrogen-bond donors (Lipinski definition) is 1. The van der Waals surface area contributed by atoms with E-state index in [2.05, 4.69) is 5.32 Å². The van der Waals surface area contributed by atoms with Crippen LogP contribution in [0.5, 0.6) is 0 Å². The highest BCUT2D eigenvalue weighted by atomic mass is 35.5. The first kappa shape index (κ1) is 18.0. The van der Waals surface area contributed by atoms with Crippen molar-refractivity contribution in [2.45, 2.75) is 12.8 Å². The first-order chi connectivity index (χ1) is 12.3. The lowest BCUT2D eigenvalue weighted by atomic mass is 9.82. The molecule has 0 spiro atoms. The fourth-order valence-electron chi connectivity index (χ4n) is 3.29. The number of esters is 1. The van der Waals surface area contributed by atoms with E-state index >= 15 is 0 Å². The number of nitrogens with one attached hydrogen (secondary N) is 1. The van der Waals surface area contributed by atoms with Crippen molar-refractivity contribution in [3.8, 4) is 0 Å². The highest BCUT2D eigenvalue weighted by Crippen LogP contribution is 2.42. The number of carbonyl (C=O) groups is 1. The lowest BCUT2D eigenvalue weighted by Crippen LogP contribution is -2.43. The number of rotatable bonds is 2. The molecule has 1 atom stereocenters. The lowest BCUT2D eigenvalue weighted by molar-refractivity contribution is -0.136. The molecule has 0 bridgehead atoms. The predicted octanol–water partition coefficient (Wildman–Crippen LogP) is 1.74. The quantitative estimate of drug-likeness (QED) is 0.808. The summed E-state index contributed by atoms with van der Waals surface area (Å²) in [5, 5.41) is 3.42. The van der Waals surface area contributed by atoms with E-state index in [1.165, 1.54) is 18.7 Å². The minimum Gasteiger partial charge on any atom is -0.466 e. The third-order valence-corrected chi connectivity index (χ3v) is 4.95. The third kappa shape index (κ3) is 2.55. The number of nitrogens with zero attached hydrogens (tertiary/aromatic N) is 2. The van der Waals surface area contributed by atoms with Gasteiger partial charge in [0, 0.05) is 24.8 Å². The van der Waals surface area contributed by atoms with Crippen LogP contribution in [-0.4, -0.2) is 22.2 Å². The Kier molecular flexibility index (Phi) is 4.50. The van der Waals surface area contributed by atoms with Crippen LogP contribution in [0.25, 0.3) is 0 Å². The van der Waals surface area contributed by atoms with Gasteiger partial charge in [0.1, 0.15) is 5.82 Å². The molecule has 0 amide bonds. The van der Waals surface area contributed by atoms with Gasteiger partial charge in [-0.2, -0.15) is 0 Å². The van der Waals surface area contributed by atoms with Crippen LogP contribution in [-0.2, 0) is 23.6 Å². The van der Waals surface area contributed by atoms with Crippen LogP contribution in [0.4, 0.5) is 5.82 Å². The maximum absolute atomic E-state index is 12.9. The Morgan fingerprint density at radius 1 is 1.19 bits per heavy atom. The maximum atomic E-state index is 12.9. The molecule has 1 aliphatic rings. The van der Waals surface area contributed by atoms with Gasteiger partial charge in [0.05, 0.1) is 24.2 Å². The Morgan fingerprint density at radius 3 is 2.46 bits per heavy atom. The van der Waals surface area contributed by atoms with E-state index in [0.29, 0.717) is 22.1 Å². The Balaban J connectivity index is 2.46. The fourth-order valence-corrected chi connectivity index (χ4v) is 3.53. The fraction of sp³-hybridized carbons (Fsp3) is 0.278. The highest BCUT2D eigenvalue weighted by Gasteiger charge is 2.37. The van der Waals surface area contributed by atoms with Crippen LogP contribution in [0, 0.1) is 0 Å². The molecule has 136 valence electrons. The highest BCUT2D eigenvalue weighted by molar-refractivity contribution is 6.31. The number of ether oxygens (including phenoxy) is 1. The number of hydrogen-bond acceptors (Lipinski definition) is 5. The Bertz CT molecular complexity index is 1070. The van der Waals surface area contributed by atoms with Gasteiger partial charge in [-0.25, -0.2) is 9.59 Å². The van der Waals surface area contributed by atoms with Crippen molar-refractivity contribution in [1.29, 1.82) is 0 Å². The average Bonchev–Trinajstić information content (AvgIpc) is 2.63. The molecule has 2 heterocycles. The van der Waals surface area contributed by atoms with Crippen molar-refractivity contribution >= 4 is 23.4 Å². The number of aromatic nitrogens is 2. The number of benzene rings is 1. The Hall–Kier alpha value is -2.80. The van der Waals surface area contributed by atoms with Gasteiger partial charge in [0.15, 0.2) is 0 Å². The number of carbonyl (C=O) groups excluding carboxylic acids is 1. The summed E-state index contributed by atoms with van der Waals surface area (Å²) in [5.74, 6) is -0.979. The molecule has 0 fully saturated rings. The molecule has 0 radical (unpaired) electrons. The molecule has 1 unspecified atom stereocenters. The van der Waals surface area contributed by atoms with Crippen molar-refractivity contribution in [1.82, 2.24) is 9.13 Å². The van der Waals surface area contributed by atoms with Crippen LogP contribution in [0.3, 0.4) is 0 Å². The van der Waals surface area contributed by atoms with Gasteiger partial charge in [-0.3, -0.25) is 13.9 Å². The molecule has 0 aliphatic carbocycles. The Morgan fingerprint density at radius 2 is 1.85 bits per heavy atom. The molecule has 0 saturated carbocycles. The number of halogens is 1. The molecule has 3 rings (SSSR count). The lowest BCUT2D eigenvalue weighted by Gasteiger charge is -2.31. The summed E-state index contributed by atoms with van der Waals surface area (Å²) in [6.45, 7) is 1.70. The SMILES string of the molecule is COC(=O)C1=C(C)Nc2c(c(=O)n(C)c(=O)n2C)C1c1ccccc1Cl. The number of anilines is 1. The summed E-state index contributed by atoms with van der Waals surface area (Å²) in [4.78, 5) is 37.7. The van der Waals surface area contributed by atoms with Crippen molar-refractivity contribution < 1.29 is 9.53 Å². The third-order valence-electron chi connectivity index (χ3n) is 4.61. The summed E-state index contributed by atoms with van der Waals surface area (Å²) < 4.78 is 7.29. The molecule has 7 nitrogen and oxygen atoms in total. The van der Waals surface area contributed by atoms with Gasteiger partial charge in [-0.1, -0.05) is 29.8 Å². The summed E-state index contributed by atoms with van der Waals surface area (Å²) in [7, 11) is 4.24. The van der Waals surface area contributed by atoms with E-state index in [1.54, 1.807) is 38.2 Å². The molecule has 8 heteroatoms. The zero-order chi connectivity index (χ0) is 19.2. The van der Waals surface area contributed by atoms with Gasteiger partial charge >= 0.3 is 11.7 Å². The molecule has 26 heavy (non-hydrogen) atoms. The molecular formula is C18H18ClN3O4. The monoisotopic (exact) mass is 375 g/mol. The summed E-state index contributed by atoms with van der Waals surface area (Å²) in [6.07, 6.45) is 0. The summed E-state index contributed by atoms with van der Waals surface area (Å²) in [5.41, 5.74) is 0.686. The van der Waals surface area contributed by atoms with Gasteiger partial charge in [-0.05, 0) is 18.6 Å². The van der Waals surface area contributed by atoms with Crippen molar-refractivity contribution in [3.63, 3.8) is 0 Å². The molecule has 1 aromatic carbocycles. The van der Waals surface area contributed by atoms with E-state index in [9.17, 15) is 14.4 Å². The van der Waals surface area contributed by atoms with Crippen LogP contribution < -0.4 is 16.6 Å². The van der Waals surface area contributed by atoms with Crippen LogP contribution >= 0.6 is 11.6 Å². The first-order valence-corrected chi connectivity index (χ1v) is 8.27. The second-order valence-corrected chi connectivity index (χ2v) is 6.49. The van der Waals surface area contributed by atoms with Crippen LogP contribution in [0.1, 0.15) is 24.0 Å². The normalized spacial score (nSPS) is 16.1. The summed E-state index contributed by atoms with van der Waals surface area (Å²) >= 11 is 6.38. The topological polar surface area (TPSA) is 82.3 Å². The minimum atomic E-state index is -0.752. The molecular weight excluding hydrogens is 358 g/mol. The molecule has 1 aromatic heterocycles. The predicted molar refractivity (Wildman–Crippen MR) is 98.6 cm³/mol. The van der Waals surface area contributed by atoms with E-state index in [4.69, 9.17) is 16.3 Å². The smallest absolute Gasteiger partial charge is 0.336 e. The van der Waals surface area contributed by atoms with Gasteiger partial charge in [0.25, 0.3) is 5.56 Å². The van der Waals surface area contributed by atoms with Gasteiger partial charge in [-0.15, -0.1) is 0 Å². The molecule has 2 aromatic rings. The van der Waals surface area contributed by atoms with Gasteiger partial charge in [0.2, 0.25) is 0 Å². The maximum Gasteiger partial charge on any atom is 0.336 e. The largest absolute Gasteiger partial charge is 0.466 e. The zero-order valence-corrected chi connectivity index (χ0v) is 15.5. The molecule has 0 saturated heterocycles. The molecule has 1 aliphatic heterocycles. The zero-order valence-electron chi connectivity index (χ0n) is 14.8. The van der Waals surface area contributed by atoms with E-state index < -0.39 is 23.1 Å². The number of fused-ring (bicyclic) bond motifs is 1. The minimum absolute atomic E-state index is 0.272. The second kappa shape index (κ2) is 6.49. The van der Waals surface area contributed by atoms with E-state index in [1.807, 2.05) is 0 Å². The van der Waals surface area contributed by atoms with Crippen LogP contribution in [0.15, 0.2) is 45.1 Å². The second-order valence-electron chi connectivity index (χ2n) is 6.08. The van der Waals surface area contributed by atoms with Crippen molar-refractivity contribution in [2.75, 3.05) is 12.4 Å². The average molecular weight is 376 g/mol. The van der Waals surface area contributed by atoms with E-state index in [-0.39, 0.29) is 11.1 Å². The number of methoxy groups -OCH3 is 1. The molecule has 1 N–H and O–H groups in total. The van der Waals surface area contributed by atoms with Gasteiger partial charge < -0.3 is 10.1 Å². The summed E-state index contributed by atoms with van der Waals surface area (Å²) in [6, 6.07) is 6.98. The number of allylic oxidation sites excluding steroid dienone is 1. The van der Waals surface area contributed by atoms with Crippen molar-refractivity contribution in [3.05, 3.63) is 72.5 Å². The van der Waals surface area contributed by atoms with Crippen LogP contribution in [0.2, 0.25) is 5.02 Å².